The highest BCUT2D eigenvalue weighted by Crippen LogP contribution is 2.23. The number of anilines is 1. The number of benzene rings is 1. The molecule has 0 saturated heterocycles. The summed E-state index contributed by atoms with van der Waals surface area (Å²) >= 11 is 0. The molecule has 2 aromatic heterocycles. The van der Waals surface area contributed by atoms with E-state index in [0.717, 1.165) is 28.3 Å². The van der Waals surface area contributed by atoms with Crippen molar-refractivity contribution in [2.75, 3.05) is 19.0 Å². The van der Waals surface area contributed by atoms with Gasteiger partial charge in [-0.05, 0) is 37.3 Å². The summed E-state index contributed by atoms with van der Waals surface area (Å²) in [6.45, 7) is 2.02. The number of fused-ring (bicyclic) bond motifs is 1. The fourth-order valence-corrected chi connectivity index (χ4v) is 2.30. The van der Waals surface area contributed by atoms with E-state index in [9.17, 15) is 0 Å². The van der Waals surface area contributed by atoms with E-state index in [-0.39, 0.29) is 12.6 Å². The van der Waals surface area contributed by atoms with Crippen LogP contribution in [-0.4, -0.2) is 34.2 Å². The van der Waals surface area contributed by atoms with Gasteiger partial charge in [0, 0.05) is 35.8 Å². The Bertz CT molecular complexity index is 765. The first-order valence-corrected chi connectivity index (χ1v) is 7.20. The number of pyridine rings is 1. The van der Waals surface area contributed by atoms with E-state index in [1.165, 1.54) is 0 Å². The van der Waals surface area contributed by atoms with Gasteiger partial charge in [0.2, 0.25) is 0 Å². The molecule has 0 bridgehead atoms. The van der Waals surface area contributed by atoms with E-state index in [1.54, 1.807) is 7.11 Å². The predicted molar refractivity (Wildman–Crippen MR) is 87.4 cm³/mol. The zero-order valence-corrected chi connectivity index (χ0v) is 12.7. The first-order valence-electron chi connectivity index (χ1n) is 7.20. The van der Waals surface area contributed by atoms with Crippen molar-refractivity contribution in [1.82, 2.24) is 9.38 Å². The standard InChI is InChI=1S/C17H19N3O2/c1-12(11-21)18-14-7-8-20-10-16(19-17(20)9-14)13-3-5-15(22-2)6-4-13/h3-10,12,18,21H,11H2,1-2H3. The molecule has 22 heavy (non-hydrogen) atoms. The van der Waals surface area contributed by atoms with Gasteiger partial charge < -0.3 is 19.6 Å². The lowest BCUT2D eigenvalue weighted by molar-refractivity contribution is 0.281. The number of aliphatic hydroxyl groups excluding tert-OH is 1. The van der Waals surface area contributed by atoms with Gasteiger partial charge in [-0.2, -0.15) is 0 Å². The number of methoxy groups -OCH3 is 1. The number of hydrogen-bond acceptors (Lipinski definition) is 4. The number of imidazole rings is 1. The lowest BCUT2D eigenvalue weighted by Crippen LogP contribution is -2.19. The van der Waals surface area contributed by atoms with Gasteiger partial charge in [0.15, 0.2) is 0 Å². The largest absolute Gasteiger partial charge is 0.497 e. The fraction of sp³-hybridized carbons (Fsp3) is 0.235. The average Bonchev–Trinajstić information content (AvgIpc) is 2.98. The first-order chi connectivity index (χ1) is 10.7. The van der Waals surface area contributed by atoms with Crippen LogP contribution < -0.4 is 10.1 Å². The van der Waals surface area contributed by atoms with Crippen molar-refractivity contribution in [2.24, 2.45) is 0 Å². The predicted octanol–water partition coefficient (Wildman–Crippen LogP) is 2.80. The second-order valence-electron chi connectivity index (χ2n) is 5.26. The van der Waals surface area contributed by atoms with E-state index in [2.05, 4.69) is 10.3 Å². The molecular weight excluding hydrogens is 278 g/mol. The summed E-state index contributed by atoms with van der Waals surface area (Å²) in [5.74, 6) is 0.831. The Morgan fingerprint density at radius 1 is 1.27 bits per heavy atom. The molecule has 5 heteroatoms. The maximum atomic E-state index is 9.11. The summed E-state index contributed by atoms with van der Waals surface area (Å²) in [4.78, 5) is 4.65. The van der Waals surface area contributed by atoms with Crippen molar-refractivity contribution in [3.63, 3.8) is 0 Å². The second kappa shape index (κ2) is 6.07. The van der Waals surface area contributed by atoms with E-state index in [0.29, 0.717) is 0 Å². The minimum Gasteiger partial charge on any atom is -0.497 e. The van der Waals surface area contributed by atoms with Gasteiger partial charge in [-0.1, -0.05) is 0 Å². The number of nitrogens with zero attached hydrogens (tertiary/aromatic N) is 2. The molecule has 5 nitrogen and oxygen atoms in total. The summed E-state index contributed by atoms with van der Waals surface area (Å²) in [5, 5.41) is 12.3. The summed E-state index contributed by atoms with van der Waals surface area (Å²) in [7, 11) is 1.65. The number of nitrogens with one attached hydrogen (secondary N) is 1. The zero-order chi connectivity index (χ0) is 15.5. The Kier molecular flexibility index (Phi) is 3.98. The molecule has 0 spiro atoms. The first kappa shape index (κ1) is 14.4. The van der Waals surface area contributed by atoms with E-state index >= 15 is 0 Å². The molecule has 2 heterocycles. The van der Waals surface area contributed by atoms with Gasteiger partial charge in [0.1, 0.15) is 11.4 Å². The fourth-order valence-electron chi connectivity index (χ4n) is 2.30. The summed E-state index contributed by atoms with van der Waals surface area (Å²) in [5.41, 5.74) is 3.76. The molecule has 0 aliphatic rings. The Morgan fingerprint density at radius 2 is 2.05 bits per heavy atom. The summed E-state index contributed by atoms with van der Waals surface area (Å²) < 4.78 is 7.15. The van der Waals surface area contributed by atoms with Crippen LogP contribution in [0.25, 0.3) is 16.9 Å². The Balaban J connectivity index is 1.91. The third-order valence-corrected chi connectivity index (χ3v) is 3.53. The highest BCUT2D eigenvalue weighted by molar-refractivity contribution is 5.65. The maximum Gasteiger partial charge on any atom is 0.139 e. The smallest absolute Gasteiger partial charge is 0.139 e. The monoisotopic (exact) mass is 297 g/mol. The van der Waals surface area contributed by atoms with Crippen LogP contribution >= 0.6 is 0 Å². The molecule has 0 aliphatic carbocycles. The van der Waals surface area contributed by atoms with Crippen molar-refractivity contribution in [3.8, 4) is 17.0 Å². The van der Waals surface area contributed by atoms with Crippen molar-refractivity contribution >= 4 is 11.3 Å². The molecule has 0 amide bonds. The van der Waals surface area contributed by atoms with E-state index in [4.69, 9.17) is 9.84 Å². The van der Waals surface area contributed by atoms with Crippen molar-refractivity contribution in [3.05, 3.63) is 48.8 Å². The minimum absolute atomic E-state index is 0.0125. The van der Waals surface area contributed by atoms with Crippen LogP contribution in [0.15, 0.2) is 48.8 Å². The number of aromatic nitrogens is 2. The summed E-state index contributed by atoms with van der Waals surface area (Å²) in [6, 6.07) is 11.8. The SMILES string of the molecule is COc1ccc(-c2cn3ccc(NC(C)CO)cc3n2)cc1. The number of rotatable bonds is 5. The average molecular weight is 297 g/mol. The number of ether oxygens (including phenoxy) is 1. The van der Waals surface area contributed by atoms with Gasteiger partial charge >= 0.3 is 0 Å². The third kappa shape index (κ3) is 2.89. The van der Waals surface area contributed by atoms with Gasteiger partial charge in [0.25, 0.3) is 0 Å². The molecule has 3 aromatic rings. The molecule has 2 N–H and O–H groups in total. The Morgan fingerprint density at radius 3 is 2.73 bits per heavy atom. The van der Waals surface area contributed by atoms with Crippen LogP contribution in [-0.2, 0) is 0 Å². The molecule has 1 atom stereocenters. The molecule has 1 aromatic carbocycles. The maximum absolute atomic E-state index is 9.11. The second-order valence-corrected chi connectivity index (χ2v) is 5.26. The van der Waals surface area contributed by atoms with Crippen molar-refractivity contribution in [2.45, 2.75) is 13.0 Å². The molecule has 1 unspecified atom stereocenters. The lowest BCUT2D eigenvalue weighted by atomic mass is 10.2. The van der Waals surface area contributed by atoms with Gasteiger partial charge in [-0.3, -0.25) is 0 Å². The van der Waals surface area contributed by atoms with Crippen LogP contribution in [0.3, 0.4) is 0 Å². The van der Waals surface area contributed by atoms with Crippen LogP contribution in [0.2, 0.25) is 0 Å². The molecule has 3 rings (SSSR count). The number of hydrogen-bond donors (Lipinski definition) is 2. The van der Waals surface area contributed by atoms with Gasteiger partial charge in [-0.25, -0.2) is 4.98 Å². The molecule has 0 fully saturated rings. The van der Waals surface area contributed by atoms with Crippen LogP contribution in [0.1, 0.15) is 6.92 Å². The van der Waals surface area contributed by atoms with Crippen LogP contribution in [0.5, 0.6) is 5.75 Å². The topological polar surface area (TPSA) is 58.8 Å². The Labute approximate surface area is 129 Å². The molecule has 0 aliphatic heterocycles. The van der Waals surface area contributed by atoms with Crippen LogP contribution in [0, 0.1) is 0 Å². The number of aliphatic hydroxyl groups is 1. The normalized spacial score (nSPS) is 12.3. The summed E-state index contributed by atoms with van der Waals surface area (Å²) in [6.07, 6.45) is 3.96. The lowest BCUT2D eigenvalue weighted by Gasteiger charge is -2.11. The van der Waals surface area contributed by atoms with Gasteiger partial charge in [-0.15, -0.1) is 0 Å². The highest BCUT2D eigenvalue weighted by Gasteiger charge is 2.06. The Hall–Kier alpha value is -2.53. The quantitative estimate of drug-likeness (QED) is 0.760. The third-order valence-electron chi connectivity index (χ3n) is 3.53. The minimum atomic E-state index is 0.0125. The molecule has 0 radical (unpaired) electrons. The molecule has 114 valence electrons. The highest BCUT2D eigenvalue weighted by atomic mass is 16.5. The van der Waals surface area contributed by atoms with Crippen molar-refractivity contribution < 1.29 is 9.84 Å². The van der Waals surface area contributed by atoms with Gasteiger partial charge in [0.05, 0.1) is 19.4 Å². The molecule has 0 saturated carbocycles. The zero-order valence-electron chi connectivity index (χ0n) is 12.7. The molecular formula is C17H19N3O2. The van der Waals surface area contributed by atoms with E-state index in [1.807, 2.05) is 60.1 Å². The van der Waals surface area contributed by atoms with Crippen LogP contribution in [0.4, 0.5) is 5.69 Å². The van der Waals surface area contributed by atoms with E-state index < -0.39 is 0 Å². The van der Waals surface area contributed by atoms with Crippen molar-refractivity contribution in [1.29, 1.82) is 0 Å².